The fourth-order valence-electron chi connectivity index (χ4n) is 2.58. The Balaban J connectivity index is 1.77. The van der Waals surface area contributed by atoms with Crippen LogP contribution in [-0.2, 0) is 11.3 Å². The SMILES string of the molecule is CCNCc1cccc(OCCN2CC(C)OCC2C)c1. The standard InChI is InChI=1S/C17H28N2O2/c1-4-18-11-16-6-5-7-17(10-16)20-9-8-19-12-15(3)21-13-14(19)2/h5-7,10,14-15,18H,4,8-9,11-13H2,1-3H3. The van der Waals surface area contributed by atoms with Crippen molar-refractivity contribution in [2.24, 2.45) is 0 Å². The van der Waals surface area contributed by atoms with Gasteiger partial charge in [0, 0.05) is 25.7 Å². The zero-order valence-electron chi connectivity index (χ0n) is 13.5. The largest absolute Gasteiger partial charge is 0.492 e. The van der Waals surface area contributed by atoms with Gasteiger partial charge < -0.3 is 14.8 Å². The van der Waals surface area contributed by atoms with Crippen LogP contribution < -0.4 is 10.1 Å². The van der Waals surface area contributed by atoms with Crippen LogP contribution in [0.5, 0.6) is 5.75 Å². The number of hydrogen-bond donors (Lipinski definition) is 1. The summed E-state index contributed by atoms with van der Waals surface area (Å²) in [6.45, 7) is 11.8. The Labute approximate surface area is 128 Å². The Morgan fingerprint density at radius 1 is 1.38 bits per heavy atom. The first-order chi connectivity index (χ1) is 10.2. The molecule has 4 heteroatoms. The van der Waals surface area contributed by atoms with Gasteiger partial charge in [-0.25, -0.2) is 0 Å². The van der Waals surface area contributed by atoms with E-state index in [9.17, 15) is 0 Å². The van der Waals surface area contributed by atoms with Gasteiger partial charge in [0.1, 0.15) is 12.4 Å². The molecule has 1 saturated heterocycles. The van der Waals surface area contributed by atoms with Crippen LogP contribution in [0.1, 0.15) is 26.3 Å². The van der Waals surface area contributed by atoms with Crippen molar-refractivity contribution in [3.63, 3.8) is 0 Å². The number of ether oxygens (including phenoxy) is 2. The Kier molecular flexibility index (Phi) is 6.49. The molecule has 1 heterocycles. The lowest BCUT2D eigenvalue weighted by molar-refractivity contribution is -0.0522. The summed E-state index contributed by atoms with van der Waals surface area (Å²) in [4.78, 5) is 2.44. The summed E-state index contributed by atoms with van der Waals surface area (Å²) in [5, 5.41) is 3.33. The normalized spacial score (nSPS) is 23.2. The molecule has 21 heavy (non-hydrogen) atoms. The van der Waals surface area contributed by atoms with E-state index in [-0.39, 0.29) is 0 Å². The highest BCUT2D eigenvalue weighted by Gasteiger charge is 2.22. The van der Waals surface area contributed by atoms with Crippen LogP contribution in [-0.4, -0.2) is 49.9 Å². The molecule has 1 N–H and O–H groups in total. The summed E-state index contributed by atoms with van der Waals surface area (Å²) in [5.74, 6) is 0.958. The molecule has 2 atom stereocenters. The highest BCUT2D eigenvalue weighted by molar-refractivity contribution is 5.28. The lowest BCUT2D eigenvalue weighted by Crippen LogP contribution is -2.48. The first-order valence-corrected chi connectivity index (χ1v) is 7.97. The van der Waals surface area contributed by atoms with E-state index in [0.717, 1.165) is 45.1 Å². The second kappa shape index (κ2) is 8.37. The molecular weight excluding hydrogens is 264 g/mol. The van der Waals surface area contributed by atoms with E-state index in [1.165, 1.54) is 5.56 Å². The van der Waals surface area contributed by atoms with Crippen LogP contribution in [0.3, 0.4) is 0 Å². The van der Waals surface area contributed by atoms with Crippen molar-refractivity contribution in [3.05, 3.63) is 29.8 Å². The van der Waals surface area contributed by atoms with Crippen molar-refractivity contribution in [3.8, 4) is 5.75 Å². The molecule has 1 aliphatic heterocycles. The van der Waals surface area contributed by atoms with Gasteiger partial charge in [0.2, 0.25) is 0 Å². The van der Waals surface area contributed by atoms with Crippen molar-refractivity contribution in [1.29, 1.82) is 0 Å². The Morgan fingerprint density at radius 3 is 3.05 bits per heavy atom. The Morgan fingerprint density at radius 2 is 2.24 bits per heavy atom. The molecule has 0 saturated carbocycles. The predicted molar refractivity (Wildman–Crippen MR) is 85.8 cm³/mol. The lowest BCUT2D eigenvalue weighted by atomic mass is 10.2. The zero-order valence-corrected chi connectivity index (χ0v) is 13.5. The third kappa shape index (κ3) is 5.30. The number of morpholine rings is 1. The fraction of sp³-hybridized carbons (Fsp3) is 0.647. The summed E-state index contributed by atoms with van der Waals surface area (Å²) in [6, 6.07) is 8.81. The van der Waals surface area contributed by atoms with Gasteiger partial charge in [-0.15, -0.1) is 0 Å². The maximum absolute atomic E-state index is 5.90. The number of rotatable bonds is 7. The second-order valence-electron chi connectivity index (χ2n) is 5.76. The van der Waals surface area contributed by atoms with E-state index in [1.807, 2.05) is 6.07 Å². The van der Waals surface area contributed by atoms with Gasteiger partial charge >= 0.3 is 0 Å². The lowest BCUT2D eigenvalue weighted by Gasteiger charge is -2.36. The third-order valence-corrected chi connectivity index (χ3v) is 3.86. The summed E-state index contributed by atoms with van der Waals surface area (Å²) in [7, 11) is 0. The fourth-order valence-corrected chi connectivity index (χ4v) is 2.58. The smallest absolute Gasteiger partial charge is 0.119 e. The third-order valence-electron chi connectivity index (χ3n) is 3.86. The molecule has 0 bridgehead atoms. The van der Waals surface area contributed by atoms with E-state index < -0.39 is 0 Å². The molecule has 118 valence electrons. The average Bonchev–Trinajstić information content (AvgIpc) is 2.49. The van der Waals surface area contributed by atoms with E-state index >= 15 is 0 Å². The summed E-state index contributed by atoms with van der Waals surface area (Å²) >= 11 is 0. The van der Waals surface area contributed by atoms with Crippen LogP contribution in [0.2, 0.25) is 0 Å². The maximum Gasteiger partial charge on any atom is 0.119 e. The van der Waals surface area contributed by atoms with Crippen LogP contribution >= 0.6 is 0 Å². The quantitative estimate of drug-likeness (QED) is 0.836. The zero-order chi connectivity index (χ0) is 15.1. The van der Waals surface area contributed by atoms with Gasteiger partial charge in [0.25, 0.3) is 0 Å². The average molecular weight is 292 g/mol. The molecule has 1 fully saturated rings. The Bertz CT molecular complexity index is 425. The molecule has 0 amide bonds. The van der Waals surface area contributed by atoms with Gasteiger partial charge in [-0.2, -0.15) is 0 Å². The van der Waals surface area contributed by atoms with Gasteiger partial charge in [-0.05, 0) is 38.1 Å². The highest BCUT2D eigenvalue weighted by atomic mass is 16.5. The van der Waals surface area contributed by atoms with Gasteiger partial charge in [-0.3, -0.25) is 4.90 Å². The van der Waals surface area contributed by atoms with E-state index in [4.69, 9.17) is 9.47 Å². The molecular formula is C17H28N2O2. The second-order valence-corrected chi connectivity index (χ2v) is 5.76. The van der Waals surface area contributed by atoms with Crippen molar-refractivity contribution >= 4 is 0 Å². The minimum absolute atomic E-state index is 0.324. The molecule has 0 spiro atoms. The maximum atomic E-state index is 5.90. The Hall–Kier alpha value is -1.10. The van der Waals surface area contributed by atoms with E-state index in [1.54, 1.807) is 0 Å². The number of nitrogens with zero attached hydrogens (tertiary/aromatic N) is 1. The van der Waals surface area contributed by atoms with Crippen molar-refractivity contribution in [1.82, 2.24) is 10.2 Å². The minimum atomic E-state index is 0.324. The first-order valence-electron chi connectivity index (χ1n) is 7.97. The molecule has 1 aromatic rings. The van der Waals surface area contributed by atoms with Crippen molar-refractivity contribution in [2.45, 2.75) is 39.5 Å². The number of nitrogens with one attached hydrogen (secondary N) is 1. The molecule has 0 radical (unpaired) electrons. The number of benzene rings is 1. The monoisotopic (exact) mass is 292 g/mol. The van der Waals surface area contributed by atoms with E-state index in [0.29, 0.717) is 12.1 Å². The molecule has 2 unspecified atom stereocenters. The summed E-state index contributed by atoms with van der Waals surface area (Å²) in [6.07, 6.45) is 0.324. The van der Waals surface area contributed by atoms with Gasteiger partial charge in [0.05, 0.1) is 12.7 Å². The van der Waals surface area contributed by atoms with Gasteiger partial charge in [0.15, 0.2) is 0 Å². The first kappa shape index (κ1) is 16.3. The molecule has 2 rings (SSSR count). The summed E-state index contributed by atoms with van der Waals surface area (Å²) < 4.78 is 11.6. The molecule has 0 aromatic heterocycles. The number of hydrogen-bond acceptors (Lipinski definition) is 4. The van der Waals surface area contributed by atoms with Crippen LogP contribution in [0, 0.1) is 0 Å². The van der Waals surface area contributed by atoms with Crippen LogP contribution in [0.15, 0.2) is 24.3 Å². The molecule has 0 aliphatic carbocycles. The van der Waals surface area contributed by atoms with Crippen molar-refractivity contribution < 1.29 is 9.47 Å². The van der Waals surface area contributed by atoms with Crippen LogP contribution in [0.4, 0.5) is 0 Å². The predicted octanol–water partition coefficient (Wildman–Crippen LogP) is 2.28. The van der Waals surface area contributed by atoms with E-state index in [2.05, 4.69) is 49.2 Å². The van der Waals surface area contributed by atoms with Crippen molar-refractivity contribution in [2.75, 3.05) is 32.8 Å². The van der Waals surface area contributed by atoms with Gasteiger partial charge in [-0.1, -0.05) is 19.1 Å². The topological polar surface area (TPSA) is 33.7 Å². The molecule has 1 aromatic carbocycles. The summed E-state index contributed by atoms with van der Waals surface area (Å²) in [5.41, 5.74) is 1.27. The molecule has 1 aliphatic rings. The highest BCUT2D eigenvalue weighted by Crippen LogP contribution is 2.14. The van der Waals surface area contributed by atoms with Crippen LogP contribution in [0.25, 0.3) is 0 Å². The minimum Gasteiger partial charge on any atom is -0.492 e. The molecule has 4 nitrogen and oxygen atoms in total.